The minimum atomic E-state index is 0.512. The minimum absolute atomic E-state index is 0.512. The molecule has 3 rings (SSSR count). The van der Waals surface area contributed by atoms with Crippen LogP contribution in [-0.2, 0) is 0 Å². The zero-order valence-electron chi connectivity index (χ0n) is 14.2. The highest BCUT2D eigenvalue weighted by Gasteiger charge is 2.15. The normalized spacial score (nSPS) is 10.8. The molecule has 3 N–H and O–H groups in total. The van der Waals surface area contributed by atoms with Gasteiger partial charge in [0.15, 0.2) is 5.75 Å². The molecule has 0 aliphatic rings. The number of nitrogens with two attached hydrogens (primary N) is 1. The Morgan fingerprint density at radius 2 is 1.83 bits per heavy atom. The van der Waals surface area contributed by atoms with Crippen LogP contribution >= 0.6 is 0 Å². The Morgan fingerprint density at radius 3 is 2.46 bits per heavy atom. The molecular weight excluding hydrogens is 304 g/mol. The van der Waals surface area contributed by atoms with Gasteiger partial charge in [0.2, 0.25) is 11.6 Å². The van der Waals surface area contributed by atoms with Gasteiger partial charge in [-0.3, -0.25) is 0 Å². The molecule has 1 aromatic carbocycles. The van der Waals surface area contributed by atoms with Gasteiger partial charge >= 0.3 is 0 Å². The first-order valence-corrected chi connectivity index (χ1v) is 7.97. The fourth-order valence-electron chi connectivity index (χ4n) is 2.62. The Labute approximate surface area is 141 Å². The number of hydrogen-bond donors (Lipinski definition) is 2. The Morgan fingerprint density at radius 1 is 1.12 bits per heavy atom. The molecule has 0 amide bonds. The smallest absolute Gasteiger partial charge is 0.247 e. The summed E-state index contributed by atoms with van der Waals surface area (Å²) < 4.78 is 7.23. The quantitative estimate of drug-likeness (QED) is 0.678. The number of fused-ring (bicyclic) bond motifs is 1. The Bertz CT molecular complexity index is 823. The molecule has 126 valence electrons. The third kappa shape index (κ3) is 2.92. The number of hydrogen-bond acceptors (Lipinski definition) is 6. The van der Waals surface area contributed by atoms with E-state index in [1.165, 1.54) is 0 Å². The van der Waals surface area contributed by atoms with Crippen molar-refractivity contribution in [1.29, 1.82) is 0 Å². The van der Waals surface area contributed by atoms with Gasteiger partial charge in [0, 0.05) is 24.5 Å². The van der Waals surface area contributed by atoms with Crippen LogP contribution in [0.25, 0.3) is 5.65 Å². The lowest BCUT2D eigenvalue weighted by atomic mass is 10.3. The number of nitrogens with zero attached hydrogens (tertiary/aromatic N) is 4. The van der Waals surface area contributed by atoms with E-state index in [9.17, 15) is 0 Å². The molecule has 0 aliphatic carbocycles. The fraction of sp³-hybridized carbons (Fsp3) is 0.294. The number of nitrogens with one attached hydrogen (secondary N) is 1. The van der Waals surface area contributed by atoms with Crippen LogP contribution in [0.2, 0.25) is 0 Å². The lowest BCUT2D eigenvalue weighted by Crippen LogP contribution is -2.24. The topological polar surface area (TPSA) is 80.7 Å². The van der Waals surface area contributed by atoms with Crippen molar-refractivity contribution < 1.29 is 4.74 Å². The molecule has 0 saturated heterocycles. The average molecular weight is 326 g/mol. The van der Waals surface area contributed by atoms with Gasteiger partial charge in [-0.25, -0.2) is 0 Å². The number of nitrogen functional groups attached to an aromatic ring is 1. The summed E-state index contributed by atoms with van der Waals surface area (Å²) >= 11 is 0. The zero-order valence-corrected chi connectivity index (χ0v) is 14.2. The molecule has 3 aromatic rings. The van der Waals surface area contributed by atoms with E-state index >= 15 is 0 Å². The SMILES string of the molecule is CCN(CC)c1ccc(OC)c2nc(Nc3ccc(N)cc3)nn12. The molecule has 7 nitrogen and oxygen atoms in total. The van der Waals surface area contributed by atoms with E-state index in [-0.39, 0.29) is 0 Å². The van der Waals surface area contributed by atoms with Crippen molar-refractivity contribution in [3.8, 4) is 5.75 Å². The van der Waals surface area contributed by atoms with Gasteiger partial charge in [0.05, 0.1) is 7.11 Å². The Kier molecular flexibility index (Phi) is 4.41. The second kappa shape index (κ2) is 6.66. The van der Waals surface area contributed by atoms with Crippen LogP contribution in [0.1, 0.15) is 13.8 Å². The van der Waals surface area contributed by atoms with E-state index in [0.717, 1.165) is 24.6 Å². The van der Waals surface area contributed by atoms with Crippen molar-refractivity contribution >= 4 is 28.8 Å². The van der Waals surface area contributed by atoms with Crippen LogP contribution in [0.5, 0.6) is 5.75 Å². The van der Waals surface area contributed by atoms with E-state index in [2.05, 4.69) is 34.1 Å². The largest absolute Gasteiger partial charge is 0.493 e. The van der Waals surface area contributed by atoms with Crippen LogP contribution in [0.15, 0.2) is 36.4 Å². The van der Waals surface area contributed by atoms with Gasteiger partial charge in [-0.2, -0.15) is 9.50 Å². The van der Waals surface area contributed by atoms with Crippen molar-refractivity contribution in [2.24, 2.45) is 0 Å². The van der Waals surface area contributed by atoms with E-state index in [4.69, 9.17) is 10.5 Å². The highest BCUT2D eigenvalue weighted by atomic mass is 16.5. The molecule has 0 atom stereocenters. The molecule has 0 radical (unpaired) electrons. The molecule has 0 spiro atoms. The monoisotopic (exact) mass is 326 g/mol. The molecule has 7 heteroatoms. The third-order valence-corrected chi connectivity index (χ3v) is 3.90. The number of aromatic nitrogens is 3. The van der Waals surface area contributed by atoms with Crippen LogP contribution in [0.4, 0.5) is 23.1 Å². The summed E-state index contributed by atoms with van der Waals surface area (Å²) in [5.41, 5.74) is 7.99. The van der Waals surface area contributed by atoms with Gasteiger partial charge in [-0.1, -0.05) is 0 Å². The zero-order chi connectivity index (χ0) is 17.1. The summed E-state index contributed by atoms with van der Waals surface area (Å²) in [6, 6.07) is 11.4. The van der Waals surface area contributed by atoms with Gasteiger partial charge in [0.25, 0.3) is 0 Å². The number of anilines is 4. The van der Waals surface area contributed by atoms with Gasteiger partial charge in [0.1, 0.15) is 5.82 Å². The number of benzene rings is 1. The fourth-order valence-corrected chi connectivity index (χ4v) is 2.62. The van der Waals surface area contributed by atoms with Crippen LogP contribution in [0.3, 0.4) is 0 Å². The predicted molar refractivity (Wildman–Crippen MR) is 97.2 cm³/mol. The number of methoxy groups -OCH3 is 1. The first-order chi connectivity index (χ1) is 11.7. The van der Waals surface area contributed by atoms with Gasteiger partial charge in [-0.15, -0.1) is 5.10 Å². The third-order valence-electron chi connectivity index (χ3n) is 3.90. The lowest BCUT2D eigenvalue weighted by molar-refractivity contribution is 0.416. The molecule has 0 aliphatic heterocycles. The molecule has 0 saturated carbocycles. The van der Waals surface area contributed by atoms with Crippen LogP contribution in [-0.4, -0.2) is 34.8 Å². The summed E-state index contributed by atoms with van der Waals surface area (Å²) in [5.74, 6) is 2.18. The standard InChI is InChI=1S/C17H22N6O/c1-4-22(5-2)15-11-10-14(24-3)16-20-17(21-23(15)16)19-13-8-6-12(18)7-9-13/h6-11H,4-5,18H2,1-3H3,(H,19,21). The van der Waals surface area contributed by atoms with Crippen LogP contribution < -0.4 is 20.7 Å². The average Bonchev–Trinajstić information content (AvgIpc) is 3.02. The summed E-state index contributed by atoms with van der Waals surface area (Å²) in [6.07, 6.45) is 0. The molecule has 2 heterocycles. The first-order valence-electron chi connectivity index (χ1n) is 7.97. The molecule has 0 unspecified atom stereocenters. The molecular formula is C17H22N6O. The summed E-state index contributed by atoms with van der Waals surface area (Å²) in [7, 11) is 1.63. The second-order valence-corrected chi connectivity index (χ2v) is 5.35. The lowest BCUT2D eigenvalue weighted by Gasteiger charge is -2.21. The maximum atomic E-state index is 5.72. The maximum absolute atomic E-state index is 5.72. The van der Waals surface area contributed by atoms with Crippen molar-refractivity contribution in [2.75, 3.05) is 36.1 Å². The van der Waals surface area contributed by atoms with Gasteiger partial charge in [-0.05, 0) is 50.2 Å². The Hall–Kier alpha value is -2.96. The maximum Gasteiger partial charge on any atom is 0.247 e. The minimum Gasteiger partial charge on any atom is -0.493 e. The van der Waals surface area contributed by atoms with E-state index in [1.807, 2.05) is 40.9 Å². The summed E-state index contributed by atoms with van der Waals surface area (Å²) in [4.78, 5) is 6.79. The number of ether oxygens (including phenoxy) is 1. The van der Waals surface area contributed by atoms with E-state index < -0.39 is 0 Å². The van der Waals surface area contributed by atoms with Gasteiger partial charge < -0.3 is 20.7 Å². The van der Waals surface area contributed by atoms with Crippen molar-refractivity contribution in [3.63, 3.8) is 0 Å². The van der Waals surface area contributed by atoms with Crippen molar-refractivity contribution in [3.05, 3.63) is 36.4 Å². The first kappa shape index (κ1) is 15.9. The second-order valence-electron chi connectivity index (χ2n) is 5.35. The van der Waals surface area contributed by atoms with E-state index in [1.54, 1.807) is 7.11 Å². The molecule has 0 fully saturated rings. The number of rotatable bonds is 6. The summed E-state index contributed by atoms with van der Waals surface area (Å²) in [5, 5.41) is 7.80. The van der Waals surface area contributed by atoms with Crippen molar-refractivity contribution in [1.82, 2.24) is 14.6 Å². The highest BCUT2D eigenvalue weighted by Crippen LogP contribution is 2.26. The van der Waals surface area contributed by atoms with Crippen LogP contribution in [0, 0.1) is 0 Å². The highest BCUT2D eigenvalue weighted by molar-refractivity contribution is 5.65. The molecule has 24 heavy (non-hydrogen) atoms. The molecule has 0 bridgehead atoms. The summed E-state index contributed by atoms with van der Waals surface area (Å²) in [6.45, 7) is 6.01. The molecule has 2 aromatic heterocycles. The number of pyridine rings is 1. The van der Waals surface area contributed by atoms with E-state index in [0.29, 0.717) is 23.0 Å². The Balaban J connectivity index is 2.04. The predicted octanol–water partition coefficient (Wildman–Crippen LogP) is 2.91. The van der Waals surface area contributed by atoms with Crippen molar-refractivity contribution in [2.45, 2.75) is 13.8 Å².